The molecule has 1 rings (SSSR count). The second-order valence-corrected chi connectivity index (χ2v) is 5.72. The highest BCUT2D eigenvalue weighted by molar-refractivity contribution is 5.83. The van der Waals surface area contributed by atoms with Crippen LogP contribution in [0.5, 0.6) is 0 Å². The average Bonchev–Trinajstić information content (AvgIpc) is 2.69. The summed E-state index contributed by atoms with van der Waals surface area (Å²) >= 11 is 0. The Morgan fingerprint density at radius 2 is 1.95 bits per heavy atom. The van der Waals surface area contributed by atoms with Crippen molar-refractivity contribution < 1.29 is 19.8 Å². The molecule has 2 amide bonds. The van der Waals surface area contributed by atoms with Crippen LogP contribution in [0.1, 0.15) is 40.0 Å². The smallest absolute Gasteiger partial charge is 0.326 e. The molecule has 1 heterocycles. The summed E-state index contributed by atoms with van der Waals surface area (Å²) in [5.41, 5.74) is 0. The highest BCUT2D eigenvalue weighted by atomic mass is 16.4. The molecule has 6 nitrogen and oxygen atoms in total. The van der Waals surface area contributed by atoms with Crippen LogP contribution in [0.2, 0.25) is 0 Å². The van der Waals surface area contributed by atoms with Crippen molar-refractivity contribution in [1.82, 2.24) is 10.2 Å². The lowest BCUT2D eigenvalue weighted by atomic mass is 10.0. The summed E-state index contributed by atoms with van der Waals surface area (Å²) in [7, 11) is 0. The van der Waals surface area contributed by atoms with Crippen molar-refractivity contribution in [3.8, 4) is 0 Å². The van der Waals surface area contributed by atoms with Gasteiger partial charge in [0.15, 0.2) is 0 Å². The molecule has 0 spiro atoms. The van der Waals surface area contributed by atoms with Crippen LogP contribution in [0.25, 0.3) is 0 Å². The fourth-order valence-corrected chi connectivity index (χ4v) is 2.22. The van der Waals surface area contributed by atoms with Crippen LogP contribution < -0.4 is 5.32 Å². The number of urea groups is 1. The summed E-state index contributed by atoms with van der Waals surface area (Å²) in [4.78, 5) is 24.2. The van der Waals surface area contributed by atoms with Gasteiger partial charge >= 0.3 is 12.0 Å². The van der Waals surface area contributed by atoms with Crippen molar-refractivity contribution in [1.29, 1.82) is 0 Å². The number of aliphatic carboxylic acids is 1. The molecule has 110 valence electrons. The van der Waals surface area contributed by atoms with E-state index in [2.05, 4.69) is 19.2 Å². The molecule has 1 aliphatic rings. The molecule has 6 heteroatoms. The van der Waals surface area contributed by atoms with E-state index in [4.69, 9.17) is 5.11 Å². The van der Waals surface area contributed by atoms with E-state index in [1.165, 1.54) is 4.90 Å². The van der Waals surface area contributed by atoms with Crippen LogP contribution >= 0.6 is 0 Å². The molecule has 0 aromatic heterocycles. The highest BCUT2D eigenvalue weighted by Crippen LogP contribution is 2.18. The van der Waals surface area contributed by atoms with Gasteiger partial charge in [-0.2, -0.15) is 0 Å². The molecule has 0 bridgehead atoms. The minimum atomic E-state index is -1.07. The first-order valence-electron chi connectivity index (χ1n) is 6.79. The van der Waals surface area contributed by atoms with Crippen molar-refractivity contribution in [3.63, 3.8) is 0 Å². The van der Waals surface area contributed by atoms with Gasteiger partial charge in [-0.3, -0.25) is 0 Å². The van der Waals surface area contributed by atoms with E-state index in [9.17, 15) is 14.7 Å². The summed E-state index contributed by atoms with van der Waals surface area (Å²) in [6.45, 7) is 6.22. The summed E-state index contributed by atoms with van der Waals surface area (Å²) in [6.07, 6.45) is 1.21. The van der Waals surface area contributed by atoms with Gasteiger partial charge in [-0.15, -0.1) is 0 Å². The lowest BCUT2D eigenvalue weighted by molar-refractivity contribution is -0.141. The van der Waals surface area contributed by atoms with Crippen LogP contribution in [-0.4, -0.2) is 51.8 Å². The first kappa shape index (κ1) is 15.8. The predicted molar refractivity (Wildman–Crippen MR) is 70.8 cm³/mol. The topological polar surface area (TPSA) is 89.9 Å². The van der Waals surface area contributed by atoms with Crippen LogP contribution in [0.15, 0.2) is 0 Å². The minimum absolute atomic E-state index is 0.00193. The van der Waals surface area contributed by atoms with Crippen molar-refractivity contribution in [2.75, 3.05) is 6.54 Å². The number of likely N-dealkylation sites (tertiary alicyclic amines) is 1. The van der Waals surface area contributed by atoms with E-state index < -0.39 is 24.1 Å². The van der Waals surface area contributed by atoms with Gasteiger partial charge in [0.25, 0.3) is 0 Å². The fourth-order valence-electron chi connectivity index (χ4n) is 2.22. The number of amides is 2. The number of nitrogens with zero attached hydrogens (tertiary/aromatic N) is 1. The largest absolute Gasteiger partial charge is 0.480 e. The third-order valence-electron chi connectivity index (χ3n) is 3.37. The van der Waals surface area contributed by atoms with Gasteiger partial charge in [-0.05, 0) is 25.7 Å². The molecule has 0 aliphatic carbocycles. The van der Waals surface area contributed by atoms with E-state index in [-0.39, 0.29) is 19.0 Å². The second-order valence-electron chi connectivity index (χ2n) is 5.72. The molecular formula is C13H24N2O4. The van der Waals surface area contributed by atoms with Gasteiger partial charge in [0, 0.05) is 19.0 Å². The Balaban J connectivity index is 2.50. The lowest BCUT2D eigenvalue weighted by Gasteiger charge is -2.24. The molecular weight excluding hydrogens is 248 g/mol. The van der Waals surface area contributed by atoms with Gasteiger partial charge in [-0.25, -0.2) is 9.59 Å². The van der Waals surface area contributed by atoms with Crippen LogP contribution in [0.4, 0.5) is 4.79 Å². The third kappa shape index (κ3) is 4.70. The Morgan fingerprint density at radius 1 is 1.32 bits per heavy atom. The molecule has 0 aromatic carbocycles. The number of rotatable bonds is 5. The Bertz CT molecular complexity index is 333. The van der Waals surface area contributed by atoms with E-state index in [1.54, 1.807) is 0 Å². The maximum Gasteiger partial charge on any atom is 0.326 e. The van der Waals surface area contributed by atoms with Crippen LogP contribution in [0.3, 0.4) is 0 Å². The van der Waals surface area contributed by atoms with E-state index in [0.29, 0.717) is 5.92 Å². The van der Waals surface area contributed by atoms with Crippen LogP contribution in [0, 0.1) is 5.92 Å². The number of carboxylic acid groups (broad SMARTS) is 1. The summed E-state index contributed by atoms with van der Waals surface area (Å²) < 4.78 is 0. The van der Waals surface area contributed by atoms with Gasteiger partial charge in [0.05, 0.1) is 6.10 Å². The number of aliphatic hydroxyl groups excluding tert-OH is 1. The number of nitrogens with one attached hydrogen (secondary N) is 1. The van der Waals surface area contributed by atoms with Gasteiger partial charge in [-0.1, -0.05) is 13.8 Å². The highest BCUT2D eigenvalue weighted by Gasteiger charge is 2.39. The first-order chi connectivity index (χ1) is 8.81. The number of carboxylic acids is 1. The molecule has 3 unspecified atom stereocenters. The molecule has 19 heavy (non-hydrogen) atoms. The number of hydrogen-bond donors (Lipinski definition) is 3. The Hall–Kier alpha value is -1.30. The average molecular weight is 272 g/mol. The fraction of sp³-hybridized carbons (Fsp3) is 0.846. The van der Waals surface area contributed by atoms with E-state index in [0.717, 1.165) is 12.8 Å². The SMILES string of the molecule is CC(C)CCC(C)NC(=O)N1CC(O)CC1C(=O)O. The van der Waals surface area contributed by atoms with Gasteiger partial charge < -0.3 is 20.4 Å². The quantitative estimate of drug-likeness (QED) is 0.697. The Morgan fingerprint density at radius 3 is 2.47 bits per heavy atom. The monoisotopic (exact) mass is 272 g/mol. The van der Waals surface area contributed by atoms with Gasteiger partial charge in [0.2, 0.25) is 0 Å². The first-order valence-corrected chi connectivity index (χ1v) is 6.79. The zero-order valence-electron chi connectivity index (χ0n) is 11.8. The number of carbonyl (C=O) groups is 2. The number of carbonyl (C=O) groups excluding carboxylic acids is 1. The predicted octanol–water partition coefficient (Wildman–Crippen LogP) is 1.04. The Kier molecular flexibility index (Phi) is 5.60. The maximum atomic E-state index is 12.0. The normalized spacial score (nSPS) is 24.6. The van der Waals surface area contributed by atoms with E-state index >= 15 is 0 Å². The van der Waals surface area contributed by atoms with Crippen molar-refractivity contribution in [3.05, 3.63) is 0 Å². The number of aliphatic hydroxyl groups is 1. The summed E-state index contributed by atoms with van der Waals surface area (Å²) in [6, 6.07) is -1.32. The van der Waals surface area contributed by atoms with Crippen molar-refractivity contribution in [2.24, 2.45) is 5.92 Å². The molecule has 0 aromatic rings. The van der Waals surface area contributed by atoms with Crippen molar-refractivity contribution >= 4 is 12.0 Å². The van der Waals surface area contributed by atoms with Crippen LogP contribution in [-0.2, 0) is 4.79 Å². The second kappa shape index (κ2) is 6.75. The molecule has 1 saturated heterocycles. The maximum absolute atomic E-state index is 12.0. The number of β-amino-alcohol motifs (C(OH)–C–C–N with tert-alkyl or cyclic N) is 1. The van der Waals surface area contributed by atoms with E-state index in [1.807, 2.05) is 6.92 Å². The standard InChI is InChI=1S/C13H24N2O4/c1-8(2)4-5-9(3)14-13(19)15-7-10(16)6-11(15)12(17)18/h8-11,16H,4-7H2,1-3H3,(H,14,19)(H,17,18). The zero-order valence-corrected chi connectivity index (χ0v) is 11.8. The Labute approximate surface area is 113 Å². The molecule has 3 N–H and O–H groups in total. The molecule has 1 fully saturated rings. The zero-order chi connectivity index (χ0) is 14.6. The van der Waals surface area contributed by atoms with Crippen molar-refractivity contribution in [2.45, 2.75) is 58.2 Å². The number of hydrogen-bond acceptors (Lipinski definition) is 3. The summed E-state index contributed by atoms with van der Waals surface area (Å²) in [5.74, 6) is -0.499. The molecule has 1 aliphatic heterocycles. The molecule has 0 saturated carbocycles. The minimum Gasteiger partial charge on any atom is -0.480 e. The third-order valence-corrected chi connectivity index (χ3v) is 3.37. The molecule has 0 radical (unpaired) electrons. The molecule has 3 atom stereocenters. The summed E-state index contributed by atoms with van der Waals surface area (Å²) in [5, 5.41) is 21.3. The van der Waals surface area contributed by atoms with Gasteiger partial charge in [0.1, 0.15) is 6.04 Å². The lowest BCUT2D eigenvalue weighted by Crippen LogP contribution is -2.48.